The van der Waals surface area contributed by atoms with Crippen molar-refractivity contribution in [3.05, 3.63) is 53.8 Å². The number of benzene rings is 2. The van der Waals surface area contributed by atoms with Crippen LogP contribution in [0.2, 0.25) is 0 Å². The maximum absolute atomic E-state index is 14.1. The fraction of sp³-hybridized carbons (Fsp3) is 0.300. The second-order valence-corrected chi connectivity index (χ2v) is 7.59. The molecule has 1 amide bonds. The van der Waals surface area contributed by atoms with Crippen LogP contribution in [0.4, 0.5) is 9.52 Å². The molecule has 0 fully saturated rings. The number of halogens is 1. The van der Waals surface area contributed by atoms with Crippen LogP contribution < -0.4 is 14.5 Å². The van der Waals surface area contributed by atoms with E-state index in [1.54, 1.807) is 42.3 Å². The molecule has 27 heavy (non-hydrogen) atoms. The molecule has 0 aliphatic rings. The number of nitrogens with one attached hydrogen (secondary N) is 1. The van der Waals surface area contributed by atoms with Crippen molar-refractivity contribution in [2.45, 2.75) is 6.42 Å². The highest BCUT2D eigenvalue weighted by Crippen LogP contribution is 2.31. The minimum atomic E-state index is -0.371. The fourth-order valence-corrected chi connectivity index (χ4v) is 3.79. The second-order valence-electron chi connectivity index (χ2n) is 6.58. The van der Waals surface area contributed by atoms with Crippen LogP contribution in [-0.4, -0.2) is 45.2 Å². The molecule has 3 rings (SSSR count). The van der Waals surface area contributed by atoms with Gasteiger partial charge in [0.05, 0.1) is 32.4 Å². The average Bonchev–Trinajstić information content (AvgIpc) is 3.10. The molecule has 142 valence electrons. The Balaban J connectivity index is 1.93. The number of thiazole rings is 1. The van der Waals surface area contributed by atoms with Gasteiger partial charge in [0, 0.05) is 18.5 Å². The van der Waals surface area contributed by atoms with Gasteiger partial charge in [-0.25, -0.2) is 9.37 Å². The molecule has 2 aromatic carbocycles. The summed E-state index contributed by atoms with van der Waals surface area (Å²) in [7, 11) is 5.73. The van der Waals surface area contributed by atoms with Gasteiger partial charge in [0.15, 0.2) is 5.13 Å². The Kier molecular flexibility index (Phi) is 6.03. The summed E-state index contributed by atoms with van der Waals surface area (Å²) >= 11 is 1.33. The van der Waals surface area contributed by atoms with Crippen molar-refractivity contribution in [1.82, 2.24) is 4.98 Å². The number of nitrogens with zero attached hydrogens (tertiary/aromatic N) is 2. The van der Waals surface area contributed by atoms with Gasteiger partial charge in [-0.15, -0.1) is 0 Å². The third kappa shape index (κ3) is 4.43. The number of methoxy groups -OCH3 is 1. The zero-order valence-corrected chi connectivity index (χ0v) is 16.5. The molecule has 0 saturated heterocycles. The van der Waals surface area contributed by atoms with Crippen LogP contribution in [0.15, 0.2) is 42.5 Å². The van der Waals surface area contributed by atoms with Crippen LogP contribution >= 0.6 is 11.3 Å². The molecule has 0 bridgehead atoms. The number of anilines is 1. The van der Waals surface area contributed by atoms with Crippen molar-refractivity contribution < 1.29 is 18.8 Å². The Morgan fingerprint density at radius 2 is 1.96 bits per heavy atom. The third-order valence-electron chi connectivity index (χ3n) is 4.23. The van der Waals surface area contributed by atoms with Crippen LogP contribution in [0, 0.1) is 5.82 Å². The lowest BCUT2D eigenvalue weighted by Crippen LogP contribution is -3.05. The molecule has 1 aromatic heterocycles. The summed E-state index contributed by atoms with van der Waals surface area (Å²) in [6, 6.07) is 11.8. The molecule has 0 radical (unpaired) electrons. The zero-order valence-electron chi connectivity index (χ0n) is 15.7. The van der Waals surface area contributed by atoms with E-state index < -0.39 is 0 Å². The Bertz CT molecular complexity index is 925. The van der Waals surface area contributed by atoms with Crippen LogP contribution in [0.1, 0.15) is 16.8 Å². The molecule has 0 aliphatic carbocycles. The van der Waals surface area contributed by atoms with E-state index in [-0.39, 0.29) is 11.7 Å². The van der Waals surface area contributed by atoms with Crippen molar-refractivity contribution in [3.63, 3.8) is 0 Å². The molecule has 0 atom stereocenters. The number of ether oxygens (including phenoxy) is 1. The topological polar surface area (TPSA) is 46.9 Å². The first kappa shape index (κ1) is 19.3. The smallest absolute Gasteiger partial charge is 0.260 e. The molecule has 1 heterocycles. The maximum atomic E-state index is 14.1. The summed E-state index contributed by atoms with van der Waals surface area (Å²) < 4.78 is 19.9. The quantitative estimate of drug-likeness (QED) is 0.677. The zero-order chi connectivity index (χ0) is 19.4. The number of hydrogen-bond donors (Lipinski definition) is 1. The molecule has 0 saturated carbocycles. The number of carbonyl (C=O) groups is 1. The number of carbonyl (C=O) groups excluding carboxylic acids is 1. The number of fused-ring (bicyclic) bond motifs is 1. The third-order valence-corrected chi connectivity index (χ3v) is 5.27. The molecule has 0 aliphatic heterocycles. The monoisotopic (exact) mass is 388 g/mol. The van der Waals surface area contributed by atoms with Crippen LogP contribution in [-0.2, 0) is 0 Å². The van der Waals surface area contributed by atoms with Crippen molar-refractivity contribution in [3.8, 4) is 5.75 Å². The fourth-order valence-electron chi connectivity index (χ4n) is 2.78. The lowest BCUT2D eigenvalue weighted by molar-refractivity contribution is -0.858. The van der Waals surface area contributed by atoms with Gasteiger partial charge in [-0.2, -0.15) is 0 Å². The first-order valence-electron chi connectivity index (χ1n) is 8.79. The van der Waals surface area contributed by atoms with Crippen molar-refractivity contribution in [1.29, 1.82) is 0 Å². The van der Waals surface area contributed by atoms with Gasteiger partial charge in [0.25, 0.3) is 5.91 Å². The van der Waals surface area contributed by atoms with E-state index in [1.165, 1.54) is 22.3 Å². The van der Waals surface area contributed by atoms with Gasteiger partial charge in [0.1, 0.15) is 17.1 Å². The second kappa shape index (κ2) is 8.45. The van der Waals surface area contributed by atoms with E-state index in [2.05, 4.69) is 19.1 Å². The van der Waals surface area contributed by atoms with Gasteiger partial charge < -0.3 is 9.64 Å². The molecule has 7 heteroatoms. The highest BCUT2D eigenvalue weighted by molar-refractivity contribution is 7.22. The predicted octanol–water partition coefficient (Wildman–Crippen LogP) is 2.63. The summed E-state index contributed by atoms with van der Waals surface area (Å²) in [6.45, 7) is 1.45. The Labute approximate surface area is 162 Å². The lowest BCUT2D eigenvalue weighted by Gasteiger charge is -2.20. The summed E-state index contributed by atoms with van der Waals surface area (Å²) in [5, 5.41) is 0.518. The van der Waals surface area contributed by atoms with Crippen LogP contribution in [0.3, 0.4) is 0 Å². The summed E-state index contributed by atoms with van der Waals surface area (Å²) in [5.74, 6) is 0.173. The number of quaternary nitrogens is 1. The largest absolute Gasteiger partial charge is 0.497 e. The van der Waals surface area contributed by atoms with Crippen LogP contribution in [0.25, 0.3) is 10.2 Å². The van der Waals surface area contributed by atoms with E-state index in [9.17, 15) is 9.18 Å². The van der Waals surface area contributed by atoms with Gasteiger partial charge in [-0.1, -0.05) is 17.4 Å². The summed E-state index contributed by atoms with van der Waals surface area (Å²) in [4.78, 5) is 20.5. The van der Waals surface area contributed by atoms with E-state index >= 15 is 0 Å². The Morgan fingerprint density at radius 3 is 2.59 bits per heavy atom. The highest BCUT2D eigenvalue weighted by Gasteiger charge is 2.22. The van der Waals surface area contributed by atoms with Gasteiger partial charge in [-0.3, -0.25) is 9.69 Å². The summed E-state index contributed by atoms with van der Waals surface area (Å²) in [6.07, 6.45) is 0.822. The number of hydrogen-bond acceptors (Lipinski definition) is 4. The molecule has 5 nitrogen and oxygen atoms in total. The molecule has 3 aromatic rings. The van der Waals surface area contributed by atoms with E-state index in [0.717, 1.165) is 17.7 Å². The normalized spacial score (nSPS) is 11.1. The van der Waals surface area contributed by atoms with Crippen molar-refractivity contribution in [2.24, 2.45) is 0 Å². The molecular weight excluding hydrogens is 365 g/mol. The molecule has 0 spiro atoms. The van der Waals surface area contributed by atoms with E-state index in [0.29, 0.717) is 28.5 Å². The lowest BCUT2D eigenvalue weighted by atomic mass is 10.2. The van der Waals surface area contributed by atoms with Gasteiger partial charge in [0.2, 0.25) is 0 Å². The van der Waals surface area contributed by atoms with E-state index in [4.69, 9.17) is 4.74 Å². The molecule has 0 unspecified atom stereocenters. The Morgan fingerprint density at radius 1 is 1.22 bits per heavy atom. The SMILES string of the molecule is COc1ccc(C(=O)N(CCC[NH+](C)C)c2nc3c(F)cccc3s2)cc1. The Hall–Kier alpha value is -2.51. The summed E-state index contributed by atoms with van der Waals surface area (Å²) in [5.41, 5.74) is 0.857. The van der Waals surface area contributed by atoms with E-state index in [1.807, 2.05) is 6.07 Å². The predicted molar refractivity (Wildman–Crippen MR) is 107 cm³/mol. The van der Waals surface area contributed by atoms with Gasteiger partial charge >= 0.3 is 0 Å². The van der Waals surface area contributed by atoms with Gasteiger partial charge in [-0.05, 0) is 36.4 Å². The molecule has 1 N–H and O–H groups in total. The number of rotatable bonds is 7. The van der Waals surface area contributed by atoms with Crippen molar-refractivity contribution in [2.75, 3.05) is 39.2 Å². The minimum Gasteiger partial charge on any atom is -0.497 e. The van der Waals surface area contributed by atoms with Crippen molar-refractivity contribution >= 4 is 32.6 Å². The first-order chi connectivity index (χ1) is 13.0. The standard InChI is InChI=1S/C20H22FN3O2S/c1-23(2)12-5-13-24(19(25)14-8-10-15(26-3)11-9-14)20-22-18-16(21)6-4-7-17(18)27-20/h4,6-11H,5,12-13H2,1-3H3/p+1. The molecular formula is C20H23FN3O2S+. The first-order valence-corrected chi connectivity index (χ1v) is 9.61. The highest BCUT2D eigenvalue weighted by atomic mass is 32.1. The average molecular weight is 388 g/mol. The number of amides is 1. The maximum Gasteiger partial charge on any atom is 0.260 e. The minimum absolute atomic E-state index is 0.147. The number of aromatic nitrogens is 1. The van der Waals surface area contributed by atoms with Crippen LogP contribution in [0.5, 0.6) is 5.75 Å². The number of para-hydroxylation sites is 1.